The highest BCUT2D eigenvalue weighted by Crippen LogP contribution is 2.78. The van der Waals surface area contributed by atoms with Gasteiger partial charge in [-0.15, -0.1) is 0 Å². The van der Waals surface area contributed by atoms with Crippen molar-refractivity contribution in [2.24, 2.45) is 22.7 Å². The topological polar surface area (TPSA) is 106 Å². The largest absolute Gasteiger partial charge is 0.459 e. The van der Waals surface area contributed by atoms with Crippen molar-refractivity contribution in [3.8, 4) is 0 Å². The molecule has 4 saturated carbocycles. The van der Waals surface area contributed by atoms with Gasteiger partial charge in [0.15, 0.2) is 0 Å². The highest BCUT2D eigenvalue weighted by molar-refractivity contribution is 5.82. The van der Waals surface area contributed by atoms with Crippen LogP contribution in [-0.4, -0.2) is 40.8 Å². The van der Waals surface area contributed by atoms with E-state index in [-0.39, 0.29) is 52.6 Å². The Morgan fingerprint density at radius 1 is 1.14 bits per heavy atom. The maximum absolute atomic E-state index is 12.9. The van der Waals surface area contributed by atoms with E-state index in [0.29, 0.717) is 25.7 Å². The van der Waals surface area contributed by atoms with Crippen LogP contribution in [0.1, 0.15) is 83.6 Å². The molecule has 1 aliphatic heterocycles. The van der Waals surface area contributed by atoms with E-state index in [4.69, 9.17) is 13.9 Å². The number of allylic oxidation sites excluding steroid dienone is 1. The zero-order chi connectivity index (χ0) is 25.5. The van der Waals surface area contributed by atoms with E-state index in [9.17, 15) is 19.5 Å². The summed E-state index contributed by atoms with van der Waals surface area (Å²) >= 11 is 0. The summed E-state index contributed by atoms with van der Waals surface area (Å²) in [7, 11) is 0. The Hall–Kier alpha value is -2.25. The minimum Gasteiger partial charge on any atom is -0.459 e. The molecule has 2 heterocycles. The normalized spacial score (nSPS) is 46.4. The molecule has 9 unspecified atom stereocenters. The monoisotopic (exact) mass is 496 g/mol. The van der Waals surface area contributed by atoms with Gasteiger partial charge in [-0.25, -0.2) is 9.59 Å². The SMILES string of the molecule is CC(C)=CC(=O)OC1CCC2(C=O)C3CCC4(C)C(c5ccc(=O)oc5)CC5OC54C3CCC2(O)C1. The Labute approximate surface area is 211 Å². The summed E-state index contributed by atoms with van der Waals surface area (Å²) in [6, 6.07) is 3.38. The lowest BCUT2D eigenvalue weighted by atomic mass is 9.42. The van der Waals surface area contributed by atoms with Gasteiger partial charge in [0.05, 0.1) is 23.4 Å². The highest BCUT2D eigenvalue weighted by Gasteiger charge is 2.82. The lowest BCUT2D eigenvalue weighted by Crippen LogP contribution is -2.67. The fourth-order valence-corrected chi connectivity index (χ4v) is 9.20. The van der Waals surface area contributed by atoms with Crippen LogP contribution in [0.5, 0.6) is 0 Å². The van der Waals surface area contributed by atoms with E-state index in [0.717, 1.165) is 43.1 Å². The number of carbonyl (C=O) groups excluding carboxylic acids is 2. The Bertz CT molecular complexity index is 1160. The first kappa shape index (κ1) is 24.1. The summed E-state index contributed by atoms with van der Waals surface area (Å²) in [6.07, 6.45) is 9.16. The summed E-state index contributed by atoms with van der Waals surface area (Å²) in [4.78, 5) is 36.7. The number of fused-ring (bicyclic) bond motifs is 3. The molecule has 5 aliphatic rings. The van der Waals surface area contributed by atoms with Crippen LogP contribution in [0.25, 0.3) is 0 Å². The lowest BCUT2D eigenvalue weighted by Gasteiger charge is -2.63. The molecule has 0 bridgehead atoms. The van der Waals surface area contributed by atoms with Crippen molar-refractivity contribution in [3.63, 3.8) is 0 Å². The number of esters is 1. The lowest BCUT2D eigenvalue weighted by molar-refractivity contribution is -0.221. The third-order valence-corrected chi connectivity index (χ3v) is 10.7. The van der Waals surface area contributed by atoms with Gasteiger partial charge in [0.2, 0.25) is 0 Å². The number of hydrogen-bond acceptors (Lipinski definition) is 7. The van der Waals surface area contributed by atoms with E-state index >= 15 is 0 Å². The second kappa shape index (κ2) is 7.87. The number of hydrogen-bond donors (Lipinski definition) is 1. The Morgan fingerprint density at radius 2 is 1.92 bits per heavy atom. The third-order valence-electron chi connectivity index (χ3n) is 10.7. The second-order valence-corrected chi connectivity index (χ2v) is 12.5. The zero-order valence-corrected chi connectivity index (χ0v) is 21.3. The van der Waals surface area contributed by atoms with Crippen molar-refractivity contribution < 1.29 is 28.6 Å². The standard InChI is InChI=1S/C29H36O7/c1-17(2)12-25(32)35-19-6-10-27(16-30)20-7-9-26(3)22(18-4-5-24(31)34-15-18)13-23-29(26,36-23)21(20)8-11-28(27,33)14-19/h4-5,12,15-16,19-23,33H,6-11,13-14H2,1-3H3. The first-order valence-corrected chi connectivity index (χ1v) is 13.4. The molecule has 1 aromatic heterocycles. The van der Waals surface area contributed by atoms with Crippen molar-refractivity contribution in [1.29, 1.82) is 0 Å². The number of epoxide rings is 1. The molecule has 36 heavy (non-hydrogen) atoms. The Kier molecular flexibility index (Phi) is 5.27. The van der Waals surface area contributed by atoms with Crippen LogP contribution in [-0.2, 0) is 19.1 Å². The van der Waals surface area contributed by atoms with Gasteiger partial charge in [0.25, 0.3) is 0 Å². The van der Waals surface area contributed by atoms with Crippen molar-refractivity contribution in [3.05, 3.63) is 46.0 Å². The molecule has 1 saturated heterocycles. The smallest absolute Gasteiger partial charge is 0.335 e. The van der Waals surface area contributed by atoms with Gasteiger partial charge >= 0.3 is 11.6 Å². The molecule has 1 aromatic rings. The van der Waals surface area contributed by atoms with Crippen LogP contribution < -0.4 is 5.63 Å². The summed E-state index contributed by atoms with van der Waals surface area (Å²) in [5, 5.41) is 12.0. The molecule has 4 aliphatic carbocycles. The summed E-state index contributed by atoms with van der Waals surface area (Å²) in [6.45, 7) is 6.00. The van der Waals surface area contributed by atoms with Gasteiger partial charge in [0.1, 0.15) is 18.0 Å². The molecule has 7 heteroatoms. The van der Waals surface area contributed by atoms with E-state index in [2.05, 4.69) is 6.92 Å². The minimum absolute atomic E-state index is 0.0358. The van der Waals surface area contributed by atoms with Crippen LogP contribution in [0.4, 0.5) is 0 Å². The molecule has 194 valence electrons. The highest BCUT2D eigenvalue weighted by atomic mass is 16.6. The van der Waals surface area contributed by atoms with Crippen molar-refractivity contribution in [1.82, 2.24) is 0 Å². The number of aldehydes is 1. The minimum atomic E-state index is -1.18. The van der Waals surface area contributed by atoms with E-state index < -0.39 is 11.0 Å². The predicted octanol–water partition coefficient (Wildman–Crippen LogP) is 4.07. The molecular formula is C29H36O7. The van der Waals surface area contributed by atoms with Crippen molar-refractivity contribution >= 4 is 12.3 Å². The third kappa shape index (κ3) is 3.08. The summed E-state index contributed by atoms with van der Waals surface area (Å²) in [5.74, 6) is 0.0804. The van der Waals surface area contributed by atoms with Gasteiger partial charge < -0.3 is 23.8 Å². The Morgan fingerprint density at radius 3 is 2.61 bits per heavy atom. The quantitative estimate of drug-likeness (QED) is 0.290. The van der Waals surface area contributed by atoms with Crippen LogP contribution in [0, 0.1) is 22.7 Å². The maximum Gasteiger partial charge on any atom is 0.335 e. The molecule has 9 atom stereocenters. The molecule has 0 radical (unpaired) electrons. The molecule has 7 nitrogen and oxygen atoms in total. The fourth-order valence-electron chi connectivity index (χ4n) is 9.20. The predicted molar refractivity (Wildman–Crippen MR) is 130 cm³/mol. The maximum atomic E-state index is 12.9. The molecule has 0 amide bonds. The van der Waals surface area contributed by atoms with Crippen LogP contribution >= 0.6 is 0 Å². The van der Waals surface area contributed by atoms with Crippen LogP contribution in [0.3, 0.4) is 0 Å². The first-order valence-electron chi connectivity index (χ1n) is 13.4. The number of ether oxygens (including phenoxy) is 2. The first-order chi connectivity index (χ1) is 17.1. The molecule has 6 rings (SSSR count). The molecule has 0 aromatic carbocycles. The van der Waals surface area contributed by atoms with Gasteiger partial charge in [-0.05, 0) is 88.2 Å². The van der Waals surface area contributed by atoms with E-state index in [1.807, 2.05) is 19.9 Å². The van der Waals surface area contributed by atoms with Crippen molar-refractivity contribution in [2.45, 2.75) is 101 Å². The van der Waals surface area contributed by atoms with Gasteiger partial charge in [-0.3, -0.25) is 0 Å². The van der Waals surface area contributed by atoms with Gasteiger partial charge in [-0.2, -0.15) is 0 Å². The van der Waals surface area contributed by atoms with Crippen molar-refractivity contribution in [2.75, 3.05) is 0 Å². The average molecular weight is 497 g/mol. The van der Waals surface area contributed by atoms with E-state index in [1.165, 1.54) is 12.1 Å². The molecule has 5 fully saturated rings. The molecular weight excluding hydrogens is 460 g/mol. The van der Waals surface area contributed by atoms with Crippen LogP contribution in [0.15, 0.2) is 39.3 Å². The summed E-state index contributed by atoms with van der Waals surface area (Å²) in [5.41, 5.74) is -0.881. The number of aliphatic hydroxyl groups is 1. The van der Waals surface area contributed by atoms with E-state index in [1.54, 1.807) is 6.26 Å². The molecule has 1 spiro atoms. The summed E-state index contributed by atoms with van der Waals surface area (Å²) < 4.78 is 17.4. The van der Waals surface area contributed by atoms with Crippen LogP contribution in [0.2, 0.25) is 0 Å². The zero-order valence-electron chi connectivity index (χ0n) is 21.3. The number of rotatable bonds is 4. The second-order valence-electron chi connectivity index (χ2n) is 12.5. The Balaban J connectivity index is 1.28. The fraction of sp³-hybridized carbons (Fsp3) is 0.690. The average Bonchev–Trinajstić information content (AvgIpc) is 3.48. The van der Waals surface area contributed by atoms with Gasteiger partial charge in [-0.1, -0.05) is 12.5 Å². The molecule has 1 N–H and O–H groups in total. The number of carbonyl (C=O) groups is 2. The van der Waals surface area contributed by atoms with Gasteiger partial charge in [0, 0.05) is 24.0 Å².